The molecule has 30 heavy (non-hydrogen) atoms. The molecule has 0 N–H and O–H groups in total. The Morgan fingerprint density at radius 2 is 1.70 bits per heavy atom. The van der Waals surface area contributed by atoms with E-state index in [2.05, 4.69) is 15.0 Å². The van der Waals surface area contributed by atoms with E-state index in [9.17, 15) is 10.1 Å². The molecule has 3 aromatic rings. The van der Waals surface area contributed by atoms with Gasteiger partial charge < -0.3 is 23.8 Å². The maximum atomic E-state index is 10.8. The van der Waals surface area contributed by atoms with Crippen molar-refractivity contribution in [3.8, 4) is 22.9 Å². The number of nitro benzene ring substituents is 1. The number of non-ortho nitro benzene ring substituents is 1. The van der Waals surface area contributed by atoms with Gasteiger partial charge >= 0.3 is 6.01 Å². The summed E-state index contributed by atoms with van der Waals surface area (Å²) in [4.78, 5) is 19.1. The fraction of sp³-hybridized carbons (Fsp3) is 0.300. The van der Waals surface area contributed by atoms with Crippen molar-refractivity contribution in [2.75, 3.05) is 50.2 Å². The van der Waals surface area contributed by atoms with Crippen molar-refractivity contribution in [2.45, 2.75) is 0 Å². The SMILES string of the molecule is COc1ccc(OC)c(-c2noc(N3CCN(c4ccc([N+](=O)[O-])cc4)CC3)n2)c1. The molecule has 0 atom stereocenters. The number of rotatable bonds is 6. The van der Waals surface area contributed by atoms with E-state index in [0.29, 0.717) is 42.0 Å². The predicted octanol–water partition coefficient (Wildman–Crippen LogP) is 2.99. The molecule has 2 heterocycles. The van der Waals surface area contributed by atoms with Crippen LogP contribution in [0.4, 0.5) is 17.4 Å². The lowest BCUT2D eigenvalue weighted by molar-refractivity contribution is -0.384. The average Bonchev–Trinajstić information content (AvgIpc) is 3.29. The van der Waals surface area contributed by atoms with E-state index in [-0.39, 0.29) is 5.69 Å². The Morgan fingerprint density at radius 1 is 1.00 bits per heavy atom. The molecule has 156 valence electrons. The van der Waals surface area contributed by atoms with Crippen LogP contribution in [0, 0.1) is 10.1 Å². The zero-order valence-corrected chi connectivity index (χ0v) is 16.6. The van der Waals surface area contributed by atoms with Crippen LogP contribution in [0.15, 0.2) is 47.0 Å². The summed E-state index contributed by atoms with van der Waals surface area (Å²) in [5.74, 6) is 1.73. The third-order valence-electron chi connectivity index (χ3n) is 5.04. The van der Waals surface area contributed by atoms with E-state index < -0.39 is 4.92 Å². The fourth-order valence-corrected chi connectivity index (χ4v) is 3.38. The second-order valence-corrected chi connectivity index (χ2v) is 6.71. The molecule has 1 aliphatic rings. The predicted molar refractivity (Wildman–Crippen MR) is 110 cm³/mol. The van der Waals surface area contributed by atoms with Crippen molar-refractivity contribution in [3.63, 3.8) is 0 Å². The topological polar surface area (TPSA) is 107 Å². The van der Waals surface area contributed by atoms with Crippen LogP contribution >= 0.6 is 0 Å². The standard InChI is InChI=1S/C20H21N5O5/c1-28-16-7-8-18(29-2)17(13-16)19-21-20(30-22-19)24-11-9-23(10-12-24)14-3-5-15(6-4-14)25(26)27/h3-8,13H,9-12H2,1-2H3. The number of nitro groups is 1. The van der Waals surface area contributed by atoms with Crippen molar-refractivity contribution in [3.05, 3.63) is 52.6 Å². The molecule has 0 aliphatic carbocycles. The number of aromatic nitrogens is 2. The average molecular weight is 411 g/mol. The summed E-state index contributed by atoms with van der Waals surface area (Å²) in [7, 11) is 3.18. The van der Waals surface area contributed by atoms with Gasteiger partial charge in [-0.15, -0.1) is 0 Å². The van der Waals surface area contributed by atoms with Crippen LogP contribution in [-0.2, 0) is 0 Å². The smallest absolute Gasteiger partial charge is 0.324 e. The first-order valence-corrected chi connectivity index (χ1v) is 9.39. The molecule has 0 spiro atoms. The number of methoxy groups -OCH3 is 2. The molecule has 2 aromatic carbocycles. The van der Waals surface area contributed by atoms with Crippen molar-refractivity contribution >= 4 is 17.4 Å². The number of anilines is 2. The van der Waals surface area contributed by atoms with Gasteiger partial charge in [0.25, 0.3) is 5.69 Å². The molecule has 10 nitrogen and oxygen atoms in total. The quantitative estimate of drug-likeness (QED) is 0.447. The highest BCUT2D eigenvalue weighted by Gasteiger charge is 2.23. The van der Waals surface area contributed by atoms with Crippen molar-refractivity contribution in [1.29, 1.82) is 0 Å². The number of ether oxygens (including phenoxy) is 2. The zero-order chi connectivity index (χ0) is 21.1. The van der Waals surface area contributed by atoms with Crippen LogP contribution in [0.5, 0.6) is 11.5 Å². The lowest BCUT2D eigenvalue weighted by Gasteiger charge is -2.34. The van der Waals surface area contributed by atoms with Gasteiger partial charge in [0, 0.05) is 44.0 Å². The molecule has 0 amide bonds. The Hall–Kier alpha value is -3.82. The second-order valence-electron chi connectivity index (χ2n) is 6.71. The largest absolute Gasteiger partial charge is 0.497 e. The van der Waals surface area contributed by atoms with Gasteiger partial charge in [-0.3, -0.25) is 10.1 Å². The highest BCUT2D eigenvalue weighted by Crippen LogP contribution is 2.33. The third kappa shape index (κ3) is 3.84. The van der Waals surface area contributed by atoms with E-state index in [1.165, 1.54) is 12.1 Å². The van der Waals surface area contributed by atoms with E-state index in [1.54, 1.807) is 44.6 Å². The lowest BCUT2D eigenvalue weighted by Crippen LogP contribution is -2.46. The van der Waals surface area contributed by atoms with Gasteiger partial charge in [0.05, 0.1) is 24.7 Å². The highest BCUT2D eigenvalue weighted by molar-refractivity contribution is 5.66. The molecular formula is C20H21N5O5. The molecule has 0 unspecified atom stereocenters. The minimum absolute atomic E-state index is 0.0868. The normalized spacial score (nSPS) is 13.9. The molecule has 4 rings (SSSR count). The van der Waals surface area contributed by atoms with Gasteiger partial charge in [-0.05, 0) is 30.3 Å². The first-order chi connectivity index (χ1) is 14.6. The summed E-state index contributed by atoms with van der Waals surface area (Å²) >= 11 is 0. The molecule has 10 heteroatoms. The second kappa shape index (κ2) is 8.27. The number of piperazine rings is 1. The maximum absolute atomic E-state index is 10.8. The van der Waals surface area contributed by atoms with E-state index >= 15 is 0 Å². The first-order valence-electron chi connectivity index (χ1n) is 9.39. The van der Waals surface area contributed by atoms with Crippen molar-refractivity contribution in [2.24, 2.45) is 0 Å². The van der Waals surface area contributed by atoms with Gasteiger partial charge in [-0.1, -0.05) is 5.16 Å². The Bertz CT molecular complexity index is 1030. The minimum atomic E-state index is -0.397. The van der Waals surface area contributed by atoms with Crippen LogP contribution < -0.4 is 19.3 Å². The third-order valence-corrected chi connectivity index (χ3v) is 5.04. The van der Waals surface area contributed by atoms with Crippen LogP contribution in [0.3, 0.4) is 0 Å². The summed E-state index contributed by atoms with van der Waals surface area (Å²) < 4.78 is 16.2. The van der Waals surface area contributed by atoms with Gasteiger partial charge in [0.2, 0.25) is 5.82 Å². The Labute approximate surface area is 172 Å². The summed E-state index contributed by atoms with van der Waals surface area (Å²) in [5, 5.41) is 14.9. The van der Waals surface area contributed by atoms with Gasteiger partial charge in [-0.2, -0.15) is 4.98 Å². The molecule has 1 saturated heterocycles. The molecule has 1 aliphatic heterocycles. The lowest BCUT2D eigenvalue weighted by atomic mass is 10.2. The van der Waals surface area contributed by atoms with Crippen LogP contribution in [-0.4, -0.2) is 55.5 Å². The molecular weight excluding hydrogens is 390 g/mol. The molecule has 0 radical (unpaired) electrons. The number of hydrogen-bond donors (Lipinski definition) is 0. The van der Waals surface area contributed by atoms with Gasteiger partial charge in [0.15, 0.2) is 0 Å². The van der Waals surface area contributed by atoms with Crippen molar-refractivity contribution in [1.82, 2.24) is 10.1 Å². The number of hydrogen-bond acceptors (Lipinski definition) is 9. The molecule has 1 fully saturated rings. The van der Waals surface area contributed by atoms with Crippen LogP contribution in [0.2, 0.25) is 0 Å². The highest BCUT2D eigenvalue weighted by atomic mass is 16.6. The Balaban J connectivity index is 1.45. The van der Waals surface area contributed by atoms with Gasteiger partial charge in [0.1, 0.15) is 11.5 Å². The number of benzene rings is 2. The Morgan fingerprint density at radius 3 is 2.33 bits per heavy atom. The van der Waals surface area contributed by atoms with Crippen molar-refractivity contribution < 1.29 is 18.9 Å². The summed E-state index contributed by atoms with van der Waals surface area (Å²) in [6, 6.07) is 12.4. The minimum Gasteiger partial charge on any atom is -0.497 e. The Kier molecular flexibility index (Phi) is 5.38. The molecule has 0 bridgehead atoms. The zero-order valence-electron chi connectivity index (χ0n) is 16.6. The van der Waals surface area contributed by atoms with E-state index in [0.717, 1.165) is 18.8 Å². The monoisotopic (exact) mass is 411 g/mol. The maximum Gasteiger partial charge on any atom is 0.324 e. The summed E-state index contributed by atoms with van der Waals surface area (Å²) in [5.41, 5.74) is 1.73. The molecule has 0 saturated carbocycles. The van der Waals surface area contributed by atoms with E-state index in [1.807, 2.05) is 4.90 Å². The van der Waals surface area contributed by atoms with Gasteiger partial charge in [-0.25, -0.2) is 0 Å². The van der Waals surface area contributed by atoms with Crippen LogP contribution in [0.1, 0.15) is 0 Å². The summed E-state index contributed by atoms with van der Waals surface area (Å²) in [6.45, 7) is 2.84. The number of nitrogens with zero attached hydrogens (tertiary/aromatic N) is 5. The molecule has 1 aromatic heterocycles. The van der Waals surface area contributed by atoms with E-state index in [4.69, 9.17) is 14.0 Å². The summed E-state index contributed by atoms with van der Waals surface area (Å²) in [6.07, 6.45) is 0. The fourth-order valence-electron chi connectivity index (χ4n) is 3.38. The van der Waals surface area contributed by atoms with Crippen LogP contribution in [0.25, 0.3) is 11.4 Å². The first kappa shape index (κ1) is 19.5.